The Balaban J connectivity index is 1.67. The highest BCUT2D eigenvalue weighted by atomic mass is 19.4. The molecule has 3 rings (SSSR count). The third kappa shape index (κ3) is 1.66. The lowest BCUT2D eigenvalue weighted by Crippen LogP contribution is -2.37. The van der Waals surface area contributed by atoms with Crippen molar-refractivity contribution in [2.45, 2.75) is 12.6 Å². The molecular formula is C11H13F3N4O. The van der Waals surface area contributed by atoms with Gasteiger partial charge in [0.2, 0.25) is 0 Å². The van der Waals surface area contributed by atoms with E-state index >= 15 is 0 Å². The van der Waals surface area contributed by atoms with Gasteiger partial charge in [-0.25, -0.2) is 0 Å². The molecule has 1 aromatic heterocycles. The van der Waals surface area contributed by atoms with Crippen molar-refractivity contribution >= 4 is 5.91 Å². The Kier molecular flexibility index (Phi) is 2.44. The number of hydrogen-bond donors (Lipinski definition) is 3. The molecule has 0 bridgehead atoms. The van der Waals surface area contributed by atoms with Gasteiger partial charge in [-0.05, 0) is 12.5 Å². The largest absolute Gasteiger partial charge is 0.396 e. The highest BCUT2D eigenvalue weighted by Crippen LogP contribution is 2.72. The number of hydrogen-bond acceptors (Lipinski definition) is 3. The minimum atomic E-state index is -4.23. The van der Waals surface area contributed by atoms with E-state index < -0.39 is 22.9 Å². The molecular weight excluding hydrogens is 261 g/mol. The lowest BCUT2D eigenvalue weighted by molar-refractivity contribution is -0.190. The number of aromatic nitrogens is 2. The van der Waals surface area contributed by atoms with Crippen LogP contribution in [0.3, 0.4) is 0 Å². The van der Waals surface area contributed by atoms with E-state index in [4.69, 9.17) is 0 Å². The first-order valence-corrected chi connectivity index (χ1v) is 5.95. The van der Waals surface area contributed by atoms with Crippen LogP contribution in [0.1, 0.15) is 16.9 Å². The molecule has 1 aliphatic carbocycles. The van der Waals surface area contributed by atoms with E-state index in [-0.39, 0.29) is 31.7 Å². The average Bonchev–Trinajstić information content (AvgIpc) is 2.76. The van der Waals surface area contributed by atoms with Crippen LogP contribution in [0.4, 0.5) is 13.2 Å². The van der Waals surface area contributed by atoms with Crippen LogP contribution >= 0.6 is 0 Å². The quantitative estimate of drug-likeness (QED) is 0.759. The fourth-order valence-electron chi connectivity index (χ4n) is 3.05. The summed E-state index contributed by atoms with van der Waals surface area (Å²) in [5, 5.41) is 11.4. The highest BCUT2D eigenvalue weighted by molar-refractivity contribution is 5.92. The summed E-state index contributed by atoms with van der Waals surface area (Å²) in [4.78, 5) is 11.7. The lowest BCUT2D eigenvalue weighted by atomic mass is 9.95. The van der Waals surface area contributed by atoms with Crippen LogP contribution in [-0.2, 0) is 0 Å². The molecule has 2 heterocycles. The Hall–Kier alpha value is -1.57. The van der Waals surface area contributed by atoms with Crippen molar-refractivity contribution in [3.8, 4) is 0 Å². The lowest BCUT2D eigenvalue weighted by Gasteiger charge is -2.20. The first kappa shape index (κ1) is 12.5. The summed E-state index contributed by atoms with van der Waals surface area (Å²) in [6, 6.07) is 1.48. The van der Waals surface area contributed by atoms with Crippen molar-refractivity contribution in [2.24, 2.45) is 10.8 Å². The summed E-state index contributed by atoms with van der Waals surface area (Å²) in [5.74, 6) is -0.429. The van der Waals surface area contributed by atoms with Crippen LogP contribution in [0.25, 0.3) is 0 Å². The van der Waals surface area contributed by atoms with Gasteiger partial charge in [0.15, 0.2) is 0 Å². The second kappa shape index (κ2) is 3.72. The normalized spacial score (nSPS) is 33.0. The van der Waals surface area contributed by atoms with E-state index in [2.05, 4.69) is 20.8 Å². The van der Waals surface area contributed by atoms with E-state index in [0.29, 0.717) is 0 Å². The fourth-order valence-corrected chi connectivity index (χ4v) is 3.05. The summed E-state index contributed by atoms with van der Waals surface area (Å²) in [6.45, 7) is 0.254. The molecule has 2 aliphatic rings. The number of halogens is 3. The predicted molar refractivity (Wildman–Crippen MR) is 59.3 cm³/mol. The van der Waals surface area contributed by atoms with Crippen LogP contribution in [0.2, 0.25) is 0 Å². The van der Waals surface area contributed by atoms with E-state index in [1.54, 1.807) is 0 Å². The molecule has 0 spiro atoms. The van der Waals surface area contributed by atoms with E-state index in [1.165, 1.54) is 12.3 Å². The molecule has 19 heavy (non-hydrogen) atoms. The van der Waals surface area contributed by atoms with Crippen molar-refractivity contribution in [2.75, 3.05) is 19.6 Å². The number of nitrogens with zero attached hydrogens (tertiary/aromatic N) is 1. The molecule has 104 valence electrons. The Labute approximate surface area is 106 Å². The Morgan fingerprint density at radius 3 is 2.84 bits per heavy atom. The van der Waals surface area contributed by atoms with Gasteiger partial charge in [-0.15, -0.1) is 0 Å². The van der Waals surface area contributed by atoms with Crippen LogP contribution in [0.15, 0.2) is 12.3 Å². The minimum Gasteiger partial charge on any atom is -0.350 e. The molecule has 1 aliphatic heterocycles. The van der Waals surface area contributed by atoms with Gasteiger partial charge in [0.1, 0.15) is 5.69 Å². The monoisotopic (exact) mass is 274 g/mol. The second-order valence-electron chi connectivity index (χ2n) is 5.29. The number of nitrogens with one attached hydrogen (secondary N) is 3. The zero-order valence-corrected chi connectivity index (χ0v) is 9.97. The molecule has 0 radical (unpaired) electrons. The number of H-pyrrole nitrogens is 1. The van der Waals surface area contributed by atoms with Crippen molar-refractivity contribution < 1.29 is 18.0 Å². The van der Waals surface area contributed by atoms with Crippen LogP contribution in [0, 0.1) is 10.8 Å². The summed E-state index contributed by atoms with van der Waals surface area (Å²) < 4.78 is 39.2. The van der Waals surface area contributed by atoms with Gasteiger partial charge in [-0.3, -0.25) is 9.89 Å². The number of alkyl halides is 3. The smallest absolute Gasteiger partial charge is 0.350 e. The van der Waals surface area contributed by atoms with Gasteiger partial charge >= 0.3 is 6.18 Å². The molecule has 0 unspecified atom stereocenters. The van der Waals surface area contributed by atoms with Gasteiger partial charge < -0.3 is 10.6 Å². The van der Waals surface area contributed by atoms with E-state index in [1.807, 2.05) is 0 Å². The topological polar surface area (TPSA) is 69.8 Å². The number of amides is 1. The summed E-state index contributed by atoms with van der Waals surface area (Å²) in [5.41, 5.74) is -2.30. The fraction of sp³-hybridized carbons (Fsp3) is 0.636. The average molecular weight is 274 g/mol. The van der Waals surface area contributed by atoms with Gasteiger partial charge in [-0.2, -0.15) is 18.3 Å². The van der Waals surface area contributed by atoms with E-state index in [9.17, 15) is 18.0 Å². The first-order valence-electron chi connectivity index (χ1n) is 5.95. The number of carbonyl (C=O) groups is 1. The van der Waals surface area contributed by atoms with Crippen LogP contribution in [0.5, 0.6) is 0 Å². The zero-order chi connectivity index (χ0) is 13.7. The first-order chi connectivity index (χ1) is 8.90. The van der Waals surface area contributed by atoms with Crippen molar-refractivity contribution in [3.63, 3.8) is 0 Å². The van der Waals surface area contributed by atoms with Gasteiger partial charge in [-0.1, -0.05) is 0 Å². The number of aromatic amines is 1. The molecule has 1 saturated carbocycles. The van der Waals surface area contributed by atoms with Gasteiger partial charge in [0.25, 0.3) is 5.91 Å². The molecule has 8 heteroatoms. The molecule has 2 atom stereocenters. The SMILES string of the molecule is O=C(NC[C@]12CNC[C@@]1(C(F)(F)F)C2)c1ccn[nH]1. The third-order valence-corrected chi connectivity index (χ3v) is 4.30. The van der Waals surface area contributed by atoms with Gasteiger partial charge in [0.05, 0.1) is 5.41 Å². The van der Waals surface area contributed by atoms with E-state index in [0.717, 1.165) is 0 Å². The van der Waals surface area contributed by atoms with Crippen LogP contribution in [-0.4, -0.2) is 41.9 Å². The number of piperidine rings is 1. The Bertz CT molecular complexity index is 501. The number of rotatable bonds is 3. The molecule has 0 aromatic carbocycles. The van der Waals surface area contributed by atoms with Gasteiger partial charge in [0, 0.05) is 31.2 Å². The molecule has 3 N–H and O–H groups in total. The van der Waals surface area contributed by atoms with Crippen molar-refractivity contribution in [3.05, 3.63) is 18.0 Å². The Morgan fingerprint density at radius 1 is 1.47 bits per heavy atom. The zero-order valence-electron chi connectivity index (χ0n) is 9.97. The highest BCUT2D eigenvalue weighted by Gasteiger charge is 2.81. The predicted octanol–water partition coefficient (Wildman–Crippen LogP) is 0.681. The summed E-state index contributed by atoms with van der Waals surface area (Å²) in [7, 11) is 0. The molecule has 1 saturated heterocycles. The maximum Gasteiger partial charge on any atom is 0.396 e. The second-order valence-corrected chi connectivity index (χ2v) is 5.29. The molecule has 5 nitrogen and oxygen atoms in total. The van der Waals surface area contributed by atoms with Crippen molar-refractivity contribution in [1.29, 1.82) is 0 Å². The molecule has 2 fully saturated rings. The molecule has 1 aromatic rings. The summed E-state index contributed by atoms with van der Waals surface area (Å²) in [6.07, 6.45) is -2.73. The summed E-state index contributed by atoms with van der Waals surface area (Å²) >= 11 is 0. The maximum atomic E-state index is 13.1. The van der Waals surface area contributed by atoms with Crippen LogP contribution < -0.4 is 10.6 Å². The number of fused-ring (bicyclic) bond motifs is 1. The molecule has 1 amide bonds. The standard InChI is InChI=1S/C11H13F3N4O/c12-11(13,14)10-3-9(10,4-15-6-10)5-16-8(19)7-1-2-17-18-7/h1-2,15H,3-6H2,(H,16,19)(H,17,18)/t9-,10-/m0/s1. The maximum absolute atomic E-state index is 13.1. The Morgan fingerprint density at radius 2 is 2.26 bits per heavy atom. The third-order valence-electron chi connectivity index (χ3n) is 4.30. The number of carbonyl (C=O) groups excluding carboxylic acids is 1. The van der Waals surface area contributed by atoms with Crippen molar-refractivity contribution in [1.82, 2.24) is 20.8 Å². The minimum absolute atomic E-state index is 0.0252.